The van der Waals surface area contributed by atoms with Crippen LogP contribution in [0.2, 0.25) is 5.02 Å². The topological polar surface area (TPSA) is 96.1 Å². The second-order valence-corrected chi connectivity index (χ2v) is 8.73. The van der Waals surface area contributed by atoms with Gasteiger partial charge in [0.05, 0.1) is 35.2 Å². The fraction of sp³-hybridized carbons (Fsp3) is 0.304. The molecular formula is C23H23ClN6O2S. The maximum atomic E-state index is 12.6. The Morgan fingerprint density at radius 3 is 2.79 bits per heavy atom. The molecule has 2 heterocycles. The number of morpholine rings is 1. The molecule has 4 rings (SSSR count). The highest BCUT2D eigenvalue weighted by Gasteiger charge is 2.22. The van der Waals surface area contributed by atoms with E-state index >= 15 is 0 Å². The molecule has 0 aliphatic carbocycles. The molecule has 33 heavy (non-hydrogen) atoms. The van der Waals surface area contributed by atoms with Crippen LogP contribution in [0.25, 0.3) is 5.69 Å². The fourth-order valence-electron chi connectivity index (χ4n) is 3.48. The summed E-state index contributed by atoms with van der Waals surface area (Å²) in [5.41, 5.74) is 3.07. The van der Waals surface area contributed by atoms with E-state index < -0.39 is 0 Å². The van der Waals surface area contributed by atoms with Crippen molar-refractivity contribution in [3.63, 3.8) is 0 Å². The maximum absolute atomic E-state index is 12.6. The molecule has 1 saturated heterocycles. The van der Waals surface area contributed by atoms with E-state index in [2.05, 4.69) is 39.5 Å². The van der Waals surface area contributed by atoms with Crippen molar-refractivity contribution in [2.75, 3.05) is 42.3 Å². The van der Waals surface area contributed by atoms with Gasteiger partial charge in [0.25, 0.3) is 0 Å². The molecule has 1 fully saturated rings. The number of nitrogens with zero attached hydrogens (tertiary/aromatic N) is 5. The zero-order chi connectivity index (χ0) is 23.2. The summed E-state index contributed by atoms with van der Waals surface area (Å²) >= 11 is 7.38. The number of aromatic nitrogens is 3. The lowest BCUT2D eigenvalue weighted by atomic mass is 10.1. The van der Waals surface area contributed by atoms with Gasteiger partial charge in [0.2, 0.25) is 11.9 Å². The van der Waals surface area contributed by atoms with E-state index in [4.69, 9.17) is 21.6 Å². The summed E-state index contributed by atoms with van der Waals surface area (Å²) in [6.45, 7) is 4.86. The normalized spacial score (nSPS) is 13.5. The molecule has 1 N–H and O–H groups in total. The zero-order valence-corrected chi connectivity index (χ0v) is 19.7. The summed E-state index contributed by atoms with van der Waals surface area (Å²) in [7, 11) is 0. The summed E-state index contributed by atoms with van der Waals surface area (Å²) in [6.07, 6.45) is 0.918. The largest absolute Gasteiger partial charge is 0.378 e. The van der Waals surface area contributed by atoms with E-state index in [0.717, 1.165) is 31.1 Å². The molecule has 10 heteroatoms. The lowest BCUT2D eigenvalue weighted by molar-refractivity contribution is -0.113. The molecule has 1 amide bonds. The van der Waals surface area contributed by atoms with Crippen LogP contribution in [0.15, 0.2) is 47.6 Å². The minimum absolute atomic E-state index is 0.145. The number of nitriles is 1. The second-order valence-electron chi connectivity index (χ2n) is 7.38. The Kier molecular flexibility index (Phi) is 7.50. The van der Waals surface area contributed by atoms with Gasteiger partial charge in [0, 0.05) is 18.8 Å². The molecule has 0 atom stereocenters. The van der Waals surface area contributed by atoms with Crippen molar-refractivity contribution in [2.45, 2.75) is 18.5 Å². The highest BCUT2D eigenvalue weighted by atomic mass is 35.5. The molecule has 0 saturated carbocycles. The number of halogens is 1. The lowest BCUT2D eigenvalue weighted by Crippen LogP contribution is -2.37. The van der Waals surface area contributed by atoms with Crippen molar-refractivity contribution >= 4 is 40.9 Å². The molecule has 1 aliphatic heterocycles. The molecule has 0 radical (unpaired) electrons. The van der Waals surface area contributed by atoms with Crippen LogP contribution in [0.5, 0.6) is 0 Å². The Balaban J connectivity index is 1.54. The van der Waals surface area contributed by atoms with Crippen molar-refractivity contribution < 1.29 is 9.53 Å². The number of nitrogens with one attached hydrogen (secondary N) is 1. The van der Waals surface area contributed by atoms with Crippen molar-refractivity contribution in [3.8, 4) is 11.8 Å². The molecule has 1 aromatic heterocycles. The van der Waals surface area contributed by atoms with E-state index in [9.17, 15) is 4.79 Å². The van der Waals surface area contributed by atoms with Gasteiger partial charge in [-0.25, -0.2) is 0 Å². The van der Waals surface area contributed by atoms with Crippen LogP contribution in [0.4, 0.5) is 11.6 Å². The van der Waals surface area contributed by atoms with Gasteiger partial charge in [-0.3, -0.25) is 9.36 Å². The van der Waals surface area contributed by atoms with Crippen LogP contribution in [0.1, 0.15) is 18.1 Å². The number of carbonyl (C=O) groups excluding carboxylic acids is 1. The Morgan fingerprint density at radius 1 is 1.24 bits per heavy atom. The van der Waals surface area contributed by atoms with Crippen LogP contribution in [-0.2, 0) is 16.0 Å². The smallest absolute Gasteiger partial charge is 0.234 e. The molecule has 2 aromatic carbocycles. The van der Waals surface area contributed by atoms with Crippen molar-refractivity contribution in [1.29, 1.82) is 5.26 Å². The standard InChI is InChI=1S/C23H23ClN6O2S/c1-2-16-4-3-5-19(12-16)30-22(29-8-10-32-11-9-29)27-28-23(30)33-15-21(31)26-18-7-6-17(14-25)20(24)13-18/h3-7,12-13H,2,8-11,15H2,1H3,(H,26,31). The van der Waals surface area contributed by atoms with E-state index in [1.807, 2.05) is 22.8 Å². The summed E-state index contributed by atoms with van der Waals surface area (Å²) in [6, 6.07) is 15.1. The van der Waals surface area contributed by atoms with E-state index in [0.29, 0.717) is 34.6 Å². The summed E-state index contributed by atoms with van der Waals surface area (Å²) in [5.74, 6) is 0.686. The van der Waals surface area contributed by atoms with Gasteiger partial charge in [-0.05, 0) is 42.3 Å². The predicted molar refractivity (Wildman–Crippen MR) is 129 cm³/mol. The minimum Gasteiger partial charge on any atom is -0.378 e. The zero-order valence-electron chi connectivity index (χ0n) is 18.1. The SMILES string of the molecule is CCc1cccc(-n2c(SCC(=O)Nc3ccc(C#N)c(Cl)c3)nnc2N2CCOCC2)c1. The van der Waals surface area contributed by atoms with Crippen LogP contribution in [0, 0.1) is 11.3 Å². The number of benzene rings is 2. The second kappa shape index (κ2) is 10.7. The third-order valence-corrected chi connectivity index (χ3v) is 6.43. The number of carbonyl (C=O) groups is 1. The Labute approximate surface area is 201 Å². The Hall–Kier alpha value is -3.06. The number of ether oxygens (including phenoxy) is 1. The van der Waals surface area contributed by atoms with Gasteiger partial charge < -0.3 is 15.0 Å². The van der Waals surface area contributed by atoms with E-state index in [-0.39, 0.29) is 11.7 Å². The maximum Gasteiger partial charge on any atom is 0.234 e. The van der Waals surface area contributed by atoms with Crippen LogP contribution in [-0.4, -0.2) is 52.7 Å². The van der Waals surface area contributed by atoms with E-state index in [1.165, 1.54) is 17.3 Å². The van der Waals surface area contributed by atoms with Crippen LogP contribution >= 0.6 is 23.4 Å². The van der Waals surface area contributed by atoms with Gasteiger partial charge in [0.1, 0.15) is 6.07 Å². The fourth-order valence-corrected chi connectivity index (χ4v) is 4.45. The highest BCUT2D eigenvalue weighted by molar-refractivity contribution is 7.99. The number of hydrogen-bond donors (Lipinski definition) is 1. The average molecular weight is 483 g/mol. The molecular weight excluding hydrogens is 460 g/mol. The van der Waals surface area contributed by atoms with Gasteiger partial charge in [0.15, 0.2) is 5.16 Å². The van der Waals surface area contributed by atoms with Crippen molar-refractivity contribution in [1.82, 2.24) is 14.8 Å². The molecule has 8 nitrogen and oxygen atoms in total. The third-order valence-electron chi connectivity index (χ3n) is 5.19. The van der Waals surface area contributed by atoms with Gasteiger partial charge in [-0.2, -0.15) is 5.26 Å². The number of aryl methyl sites for hydroxylation is 1. The number of amides is 1. The van der Waals surface area contributed by atoms with E-state index in [1.54, 1.807) is 18.2 Å². The summed E-state index contributed by atoms with van der Waals surface area (Å²) in [5, 5.41) is 21.6. The predicted octanol–water partition coefficient (Wildman–Crippen LogP) is 3.92. The molecule has 170 valence electrons. The average Bonchev–Trinajstić information content (AvgIpc) is 3.27. The van der Waals surface area contributed by atoms with Crippen LogP contribution in [0.3, 0.4) is 0 Å². The number of rotatable bonds is 7. The quantitative estimate of drug-likeness (QED) is 0.510. The summed E-state index contributed by atoms with van der Waals surface area (Å²) in [4.78, 5) is 14.7. The Bertz CT molecular complexity index is 1190. The molecule has 3 aromatic rings. The third kappa shape index (κ3) is 5.47. The number of hydrogen-bond acceptors (Lipinski definition) is 7. The first-order chi connectivity index (χ1) is 16.1. The lowest BCUT2D eigenvalue weighted by Gasteiger charge is -2.28. The van der Waals surface area contributed by atoms with Crippen molar-refractivity contribution in [3.05, 3.63) is 58.6 Å². The van der Waals surface area contributed by atoms with Gasteiger partial charge in [-0.1, -0.05) is 42.4 Å². The summed E-state index contributed by atoms with van der Waals surface area (Å²) < 4.78 is 7.49. The molecule has 0 bridgehead atoms. The monoisotopic (exact) mass is 482 g/mol. The minimum atomic E-state index is -0.203. The number of thioether (sulfide) groups is 1. The molecule has 0 spiro atoms. The first-order valence-electron chi connectivity index (χ1n) is 10.6. The van der Waals surface area contributed by atoms with Gasteiger partial charge in [-0.15, -0.1) is 10.2 Å². The van der Waals surface area contributed by atoms with Crippen molar-refractivity contribution in [2.24, 2.45) is 0 Å². The van der Waals surface area contributed by atoms with Gasteiger partial charge >= 0.3 is 0 Å². The molecule has 0 unspecified atom stereocenters. The first kappa shape index (κ1) is 23.1. The highest BCUT2D eigenvalue weighted by Crippen LogP contribution is 2.28. The molecule has 1 aliphatic rings. The number of anilines is 2. The first-order valence-corrected chi connectivity index (χ1v) is 11.9. The van der Waals surface area contributed by atoms with Crippen LogP contribution < -0.4 is 10.2 Å². The Morgan fingerprint density at radius 2 is 2.06 bits per heavy atom.